The first-order chi connectivity index (χ1) is 36.7. The molecule has 5 aliphatic rings. The summed E-state index contributed by atoms with van der Waals surface area (Å²) < 4.78 is 49.3. The number of hydrogen-bond donors (Lipinski definition) is 2. The number of nitrogens with one attached hydrogen (secondary N) is 2. The molecule has 2 aliphatic carbocycles. The van der Waals surface area contributed by atoms with E-state index in [-0.39, 0.29) is 47.7 Å². The number of phosphoric ester groups is 1. The molecule has 2 N–H and O–H groups in total. The summed E-state index contributed by atoms with van der Waals surface area (Å²) in [4.78, 5) is 105. The van der Waals surface area contributed by atoms with Crippen molar-refractivity contribution in [1.29, 1.82) is 0 Å². The van der Waals surface area contributed by atoms with Crippen molar-refractivity contribution < 1.29 is 56.0 Å². The predicted molar refractivity (Wildman–Crippen MR) is 288 cm³/mol. The van der Waals surface area contributed by atoms with Crippen molar-refractivity contribution >= 4 is 58.7 Å². The molecule has 0 bridgehead atoms. The smallest absolute Gasteiger partial charge is 0.328 e. The van der Waals surface area contributed by atoms with Crippen LogP contribution in [-0.2, 0) is 43.5 Å². The maximum Gasteiger partial charge on any atom is 0.328 e. The van der Waals surface area contributed by atoms with E-state index < -0.39 is 53.3 Å². The van der Waals surface area contributed by atoms with Crippen molar-refractivity contribution in [2.45, 2.75) is 116 Å². The topological polar surface area (TPSA) is 282 Å². The molecule has 1 fully saturated rings. The zero-order valence-corrected chi connectivity index (χ0v) is 47.6. The molecule has 0 saturated heterocycles. The van der Waals surface area contributed by atoms with Gasteiger partial charge in [-0.25, -0.2) is 13.7 Å². The number of rotatable bonds is 18. The summed E-state index contributed by atoms with van der Waals surface area (Å²) in [5.74, 6) is -0.649. The maximum atomic E-state index is 14.8. The molecule has 0 radical (unpaired) electrons. The minimum atomic E-state index is -6.14. The van der Waals surface area contributed by atoms with Gasteiger partial charge < -0.3 is 43.8 Å². The van der Waals surface area contributed by atoms with E-state index in [2.05, 4.69) is 111 Å². The van der Waals surface area contributed by atoms with Gasteiger partial charge in [0.25, 0.3) is 27.1 Å². The molecule has 1 aromatic heterocycles. The summed E-state index contributed by atoms with van der Waals surface area (Å²) in [5, 5.41) is 5.31. The summed E-state index contributed by atoms with van der Waals surface area (Å²) in [7, 11) is -16.2. The van der Waals surface area contributed by atoms with E-state index in [1.54, 1.807) is 18.0 Å². The highest BCUT2D eigenvalue weighted by Gasteiger charge is 2.43. The van der Waals surface area contributed by atoms with Crippen LogP contribution in [0.1, 0.15) is 153 Å². The number of carbonyl (C=O) groups excluding carboxylic acids is 2. The molecule has 23 heteroatoms. The number of fused-ring (bicyclic) bond motifs is 4. The highest BCUT2D eigenvalue weighted by atomic mass is 31.3. The van der Waals surface area contributed by atoms with Crippen LogP contribution in [0.2, 0.25) is 0 Å². The second kappa shape index (κ2) is 21.9. The van der Waals surface area contributed by atoms with Crippen LogP contribution in [0.3, 0.4) is 0 Å². The molecule has 3 unspecified atom stereocenters. The van der Waals surface area contributed by atoms with E-state index >= 15 is 0 Å². The molecule has 9 rings (SSSR count). The van der Waals surface area contributed by atoms with Gasteiger partial charge in [0.15, 0.2) is 6.54 Å². The average molecular weight is 1130 g/mol. The number of anilines is 1. The Kier molecular flexibility index (Phi) is 16.1. The first kappa shape index (κ1) is 57.3. The van der Waals surface area contributed by atoms with Crippen LogP contribution in [0.5, 0.6) is 0 Å². The number of aromatic nitrogens is 2. The maximum absolute atomic E-state index is 14.8. The van der Waals surface area contributed by atoms with Crippen LogP contribution < -0.4 is 56.2 Å². The monoisotopic (exact) mass is 1130 g/mol. The van der Waals surface area contributed by atoms with Gasteiger partial charge in [-0.1, -0.05) is 51.1 Å². The molecule has 4 heterocycles. The highest BCUT2D eigenvalue weighted by molar-refractivity contribution is 7.64. The summed E-state index contributed by atoms with van der Waals surface area (Å²) in [6.45, 7) is 16.6. The van der Waals surface area contributed by atoms with Crippen LogP contribution in [0.4, 0.5) is 5.69 Å². The molecular formula is C55H66N6O14P3-3. The van der Waals surface area contributed by atoms with Crippen LogP contribution in [-0.4, -0.2) is 78.2 Å². The van der Waals surface area contributed by atoms with Crippen molar-refractivity contribution in [2.75, 3.05) is 51.3 Å². The van der Waals surface area contributed by atoms with Crippen LogP contribution in [0.25, 0.3) is 17.7 Å². The Hall–Kier alpha value is -5.36. The third-order valence-electron chi connectivity index (χ3n) is 16.1. The molecule has 5 atom stereocenters. The number of nitrogens with zero attached hydrogens (tertiary/aromatic N) is 4. The van der Waals surface area contributed by atoms with Gasteiger partial charge in [0.2, 0.25) is 11.3 Å². The normalized spacial score (nSPS) is 21.5. The largest absolute Gasteiger partial charge is 0.790 e. The molecule has 78 heavy (non-hydrogen) atoms. The second-order valence-corrected chi connectivity index (χ2v) is 26.5. The lowest BCUT2D eigenvalue weighted by Crippen LogP contribution is -2.49. The Balaban J connectivity index is 0.879. The number of carbonyl (C=O) groups is 2. The number of phosphoric acid groups is 3. The fraction of sp³-hybridized carbons (Fsp3) is 0.473. The van der Waals surface area contributed by atoms with Crippen molar-refractivity contribution in [1.82, 2.24) is 24.3 Å². The number of aromatic amines is 1. The number of benzene rings is 3. The minimum Gasteiger partial charge on any atom is -0.790 e. The molecule has 4 aromatic rings. The summed E-state index contributed by atoms with van der Waals surface area (Å²) in [5.41, 5.74) is 9.80. The Morgan fingerprint density at radius 1 is 1.00 bits per heavy atom. The lowest BCUT2D eigenvalue weighted by Gasteiger charge is -2.48. The summed E-state index contributed by atoms with van der Waals surface area (Å²) in [6, 6.07) is 14.6. The highest BCUT2D eigenvalue weighted by Crippen LogP contribution is 2.61. The summed E-state index contributed by atoms with van der Waals surface area (Å²) in [6.07, 6.45) is 13.2. The van der Waals surface area contributed by atoms with Crippen LogP contribution in [0.15, 0.2) is 70.4 Å². The van der Waals surface area contributed by atoms with Gasteiger partial charge >= 0.3 is 5.69 Å². The van der Waals surface area contributed by atoms with E-state index in [0.717, 1.165) is 55.6 Å². The van der Waals surface area contributed by atoms with Crippen molar-refractivity contribution in [2.24, 2.45) is 5.92 Å². The van der Waals surface area contributed by atoms with Crippen LogP contribution >= 0.6 is 23.5 Å². The molecule has 418 valence electrons. The Labute approximate surface area is 452 Å². The molecule has 0 spiro atoms. The minimum absolute atomic E-state index is 0.0157. The molecule has 3 aliphatic heterocycles. The standard InChI is InChI=1S/C55H69N6O14P3/c1-8-61-46-30-45-43(29-42(46)34(2)31-54(61,3)4)48(44-28-36-16-12-25-59-26-13-19-41(50(36)59)49(44)55(45,5)6)39-17-9-10-18-40(39)52(64)58(7)24-14-20-47(62)56-23-11-15-37-32-60(53(65)57-51(37)63)38-22-21-35(27-38)33-73-77(69,70)75-78(71,72)74-76(66,67)68/h9-12,15-18,28-30,32,34-35,38H,8,13-14,19-27,31,33H2,1-7H3,(H5-,56,57,62,63,65,66,67,68,69,70,71,72)/p-3/b15-11+/t34?,35-,38+/m1/s1. The van der Waals surface area contributed by atoms with Gasteiger partial charge in [0, 0.05) is 85.1 Å². The fourth-order valence-corrected chi connectivity index (χ4v) is 15.7. The number of amides is 2. The van der Waals surface area contributed by atoms with Crippen molar-refractivity contribution in [3.8, 4) is 0 Å². The molecule has 1 saturated carbocycles. The summed E-state index contributed by atoms with van der Waals surface area (Å²) >= 11 is 0. The second-order valence-electron chi connectivity index (χ2n) is 22.3. The fourth-order valence-electron chi connectivity index (χ4n) is 12.8. The Morgan fingerprint density at radius 3 is 2.50 bits per heavy atom. The Bertz CT molecular complexity index is 3560. The Morgan fingerprint density at radius 2 is 1.76 bits per heavy atom. The molecular weight excluding hydrogens is 1060 g/mol. The van der Waals surface area contributed by atoms with Crippen molar-refractivity contribution in [3.05, 3.63) is 142 Å². The quantitative estimate of drug-likeness (QED) is 0.106. The molecule has 3 aromatic carbocycles. The van der Waals surface area contributed by atoms with E-state index in [1.165, 1.54) is 60.9 Å². The van der Waals surface area contributed by atoms with Crippen LogP contribution in [0, 0.1) is 5.92 Å². The van der Waals surface area contributed by atoms with E-state index in [9.17, 15) is 52.4 Å². The van der Waals surface area contributed by atoms with Gasteiger partial charge in [-0.15, -0.1) is 0 Å². The zero-order chi connectivity index (χ0) is 56.3. The van der Waals surface area contributed by atoms with E-state index in [4.69, 9.17) is 0 Å². The average Bonchev–Trinajstić information content (AvgIpc) is 3.96. The van der Waals surface area contributed by atoms with Gasteiger partial charge in [0.1, 0.15) is 6.54 Å². The van der Waals surface area contributed by atoms with Gasteiger partial charge in [-0.3, -0.25) is 37.4 Å². The van der Waals surface area contributed by atoms with Gasteiger partial charge in [-0.05, 0) is 146 Å². The predicted octanol–water partition coefficient (Wildman–Crippen LogP) is 3.84. The van der Waals surface area contributed by atoms with E-state index in [0.29, 0.717) is 37.3 Å². The van der Waals surface area contributed by atoms with Gasteiger partial charge in [-0.2, -0.15) is 0 Å². The van der Waals surface area contributed by atoms with Gasteiger partial charge in [0.05, 0.1) is 20.0 Å². The number of H-pyrrole nitrogens is 1. The number of hydrogen-bond acceptors (Lipinski definition) is 15. The zero-order valence-electron chi connectivity index (χ0n) is 44.9. The first-order valence-corrected chi connectivity index (χ1v) is 30.9. The SMILES string of the molecule is CCN1c2cc3c(cc2C(C)CC1(C)C)C(c1ccccc1C(=O)N(C)CCCC(=O)NC/C=C/c1cn([C@H]2CC[C@@H](COP(=O)([O-])OP(=O)([O-])OP(=O)([O-])[O-])C2)c(=O)[nH]c1=O)=c1cc2c4c(c1C3(C)C)CCC[N+]=4CC=C2. The third kappa shape index (κ3) is 11.8. The lowest BCUT2D eigenvalue weighted by molar-refractivity contribution is -0.339. The van der Waals surface area contributed by atoms with E-state index in [1.807, 2.05) is 18.2 Å². The first-order valence-electron chi connectivity index (χ1n) is 26.5. The third-order valence-corrected chi connectivity index (χ3v) is 19.7. The van der Waals surface area contributed by atoms with Crippen molar-refractivity contribution in [3.63, 3.8) is 0 Å². The molecule has 20 nitrogen and oxygen atoms in total. The lowest BCUT2D eigenvalue weighted by atomic mass is 9.65. The molecule has 2 amide bonds.